The van der Waals surface area contributed by atoms with Gasteiger partial charge in [0.1, 0.15) is 0 Å². The number of aromatic nitrogens is 2. The van der Waals surface area contributed by atoms with Crippen molar-refractivity contribution in [3.05, 3.63) is 53.4 Å². The number of hydrogen-bond acceptors (Lipinski definition) is 3. The minimum absolute atomic E-state index is 0.258. The third-order valence-corrected chi connectivity index (χ3v) is 2.99. The summed E-state index contributed by atoms with van der Waals surface area (Å²) in [6, 6.07) is 5.17. The molecule has 0 radical (unpaired) electrons. The van der Waals surface area contributed by atoms with E-state index in [0.29, 0.717) is 16.8 Å². The standard InChI is InChI=1S/C15H15N3O3/c1-10-11(6-7-14(19)20)4-3-5-13(10)15(21)17-12-8-16-18(2)9-12/h3-9H,1-2H3,(H,17,21)(H,19,20). The zero-order valence-corrected chi connectivity index (χ0v) is 11.7. The van der Waals surface area contributed by atoms with Gasteiger partial charge in [-0.3, -0.25) is 9.48 Å². The van der Waals surface area contributed by atoms with E-state index in [2.05, 4.69) is 10.4 Å². The lowest BCUT2D eigenvalue weighted by Crippen LogP contribution is -2.13. The molecular weight excluding hydrogens is 270 g/mol. The largest absolute Gasteiger partial charge is 0.478 e. The van der Waals surface area contributed by atoms with Gasteiger partial charge >= 0.3 is 5.97 Å². The van der Waals surface area contributed by atoms with Gasteiger partial charge in [0.05, 0.1) is 11.9 Å². The second kappa shape index (κ2) is 6.04. The minimum Gasteiger partial charge on any atom is -0.478 e. The van der Waals surface area contributed by atoms with Gasteiger partial charge in [-0.15, -0.1) is 0 Å². The number of aliphatic carboxylic acids is 1. The molecule has 6 heteroatoms. The first kappa shape index (κ1) is 14.5. The zero-order chi connectivity index (χ0) is 15.4. The fraction of sp³-hybridized carbons (Fsp3) is 0.133. The van der Waals surface area contributed by atoms with Crippen molar-refractivity contribution in [2.45, 2.75) is 6.92 Å². The summed E-state index contributed by atoms with van der Waals surface area (Å²) in [5, 5.41) is 15.4. The molecule has 1 aromatic carbocycles. The highest BCUT2D eigenvalue weighted by Gasteiger charge is 2.11. The van der Waals surface area contributed by atoms with Crippen LogP contribution in [0.25, 0.3) is 6.08 Å². The minimum atomic E-state index is -1.03. The van der Waals surface area contributed by atoms with Gasteiger partial charge in [0, 0.05) is 24.9 Å². The molecule has 0 unspecified atom stereocenters. The van der Waals surface area contributed by atoms with Crippen LogP contribution in [-0.2, 0) is 11.8 Å². The summed E-state index contributed by atoms with van der Waals surface area (Å²) in [5.41, 5.74) is 2.51. The summed E-state index contributed by atoms with van der Waals surface area (Å²) < 4.78 is 1.59. The van der Waals surface area contributed by atoms with Crippen molar-refractivity contribution < 1.29 is 14.7 Å². The van der Waals surface area contributed by atoms with Crippen LogP contribution in [0, 0.1) is 6.92 Å². The number of hydrogen-bond donors (Lipinski definition) is 2. The summed E-state index contributed by atoms with van der Waals surface area (Å²) in [6.45, 7) is 1.78. The first-order valence-corrected chi connectivity index (χ1v) is 6.28. The lowest BCUT2D eigenvalue weighted by molar-refractivity contribution is -0.131. The SMILES string of the molecule is Cc1c(C=CC(=O)O)cccc1C(=O)Nc1cnn(C)c1. The topological polar surface area (TPSA) is 84.2 Å². The van der Waals surface area contributed by atoms with Crippen molar-refractivity contribution in [3.63, 3.8) is 0 Å². The molecule has 2 N–H and O–H groups in total. The van der Waals surface area contributed by atoms with E-state index in [1.165, 1.54) is 6.08 Å². The first-order chi connectivity index (χ1) is 9.97. The number of benzene rings is 1. The molecule has 0 bridgehead atoms. The highest BCUT2D eigenvalue weighted by Crippen LogP contribution is 2.17. The molecular formula is C15H15N3O3. The molecule has 6 nitrogen and oxygen atoms in total. The van der Waals surface area contributed by atoms with Gasteiger partial charge in [0.25, 0.3) is 5.91 Å². The van der Waals surface area contributed by atoms with Crippen LogP contribution in [0.3, 0.4) is 0 Å². The Morgan fingerprint density at radius 3 is 2.76 bits per heavy atom. The average Bonchev–Trinajstić information content (AvgIpc) is 2.82. The monoisotopic (exact) mass is 285 g/mol. The molecule has 0 aliphatic carbocycles. The smallest absolute Gasteiger partial charge is 0.328 e. The average molecular weight is 285 g/mol. The Bertz CT molecular complexity index is 717. The van der Waals surface area contributed by atoms with Crippen LogP contribution in [0.15, 0.2) is 36.7 Å². The van der Waals surface area contributed by atoms with E-state index in [0.717, 1.165) is 11.6 Å². The molecule has 2 aromatic rings. The van der Waals surface area contributed by atoms with Crippen molar-refractivity contribution in [1.29, 1.82) is 0 Å². The van der Waals surface area contributed by atoms with E-state index in [-0.39, 0.29) is 5.91 Å². The predicted molar refractivity (Wildman–Crippen MR) is 79.0 cm³/mol. The van der Waals surface area contributed by atoms with Crippen LogP contribution in [0.5, 0.6) is 0 Å². The van der Waals surface area contributed by atoms with Gasteiger partial charge in [0.15, 0.2) is 0 Å². The van der Waals surface area contributed by atoms with Crippen molar-refractivity contribution >= 4 is 23.6 Å². The molecule has 0 atom stereocenters. The van der Waals surface area contributed by atoms with Gasteiger partial charge in [-0.05, 0) is 30.2 Å². The second-order valence-electron chi connectivity index (χ2n) is 4.55. The number of aryl methyl sites for hydroxylation is 1. The number of carbonyl (C=O) groups is 2. The van der Waals surface area contributed by atoms with E-state index in [9.17, 15) is 9.59 Å². The number of carbonyl (C=O) groups excluding carboxylic acids is 1. The normalized spacial score (nSPS) is 10.8. The maximum atomic E-state index is 12.2. The van der Waals surface area contributed by atoms with Gasteiger partial charge in [-0.25, -0.2) is 4.79 Å². The maximum absolute atomic E-state index is 12.2. The molecule has 0 aliphatic rings. The number of carboxylic acid groups (broad SMARTS) is 1. The number of nitrogens with zero attached hydrogens (tertiary/aromatic N) is 2. The predicted octanol–water partition coefficient (Wildman–Crippen LogP) is 2.08. The zero-order valence-electron chi connectivity index (χ0n) is 11.7. The van der Waals surface area contributed by atoms with Gasteiger partial charge in [0.2, 0.25) is 0 Å². The van der Waals surface area contributed by atoms with Gasteiger partial charge in [-0.2, -0.15) is 5.10 Å². The summed E-state index contributed by atoms with van der Waals surface area (Å²) in [6.07, 6.45) is 5.77. The summed E-state index contributed by atoms with van der Waals surface area (Å²) in [4.78, 5) is 22.8. The Kier molecular flexibility index (Phi) is 4.18. The van der Waals surface area contributed by atoms with E-state index >= 15 is 0 Å². The van der Waals surface area contributed by atoms with E-state index < -0.39 is 5.97 Å². The third-order valence-electron chi connectivity index (χ3n) is 2.99. The second-order valence-corrected chi connectivity index (χ2v) is 4.55. The van der Waals surface area contributed by atoms with Gasteiger partial charge < -0.3 is 10.4 Å². The van der Waals surface area contributed by atoms with Crippen molar-refractivity contribution in [2.75, 3.05) is 5.32 Å². The molecule has 1 aromatic heterocycles. The third kappa shape index (κ3) is 3.56. The quantitative estimate of drug-likeness (QED) is 0.842. The number of rotatable bonds is 4. The Morgan fingerprint density at radius 1 is 1.38 bits per heavy atom. The highest BCUT2D eigenvalue weighted by molar-refractivity contribution is 6.05. The van der Waals surface area contributed by atoms with Crippen LogP contribution in [0.2, 0.25) is 0 Å². The molecule has 0 saturated heterocycles. The first-order valence-electron chi connectivity index (χ1n) is 6.28. The summed E-state index contributed by atoms with van der Waals surface area (Å²) in [5.74, 6) is -1.29. The van der Waals surface area contributed by atoms with Crippen LogP contribution in [0.1, 0.15) is 21.5 Å². The molecule has 0 aliphatic heterocycles. The number of anilines is 1. The summed E-state index contributed by atoms with van der Waals surface area (Å²) in [7, 11) is 1.76. The number of nitrogens with one attached hydrogen (secondary N) is 1. The molecule has 1 heterocycles. The highest BCUT2D eigenvalue weighted by atomic mass is 16.4. The molecule has 0 saturated carbocycles. The van der Waals surface area contributed by atoms with Crippen molar-refractivity contribution in [3.8, 4) is 0 Å². The molecule has 1 amide bonds. The fourth-order valence-electron chi connectivity index (χ4n) is 1.93. The van der Waals surface area contributed by atoms with Crippen LogP contribution in [0.4, 0.5) is 5.69 Å². The maximum Gasteiger partial charge on any atom is 0.328 e. The Labute approximate surface area is 121 Å². The molecule has 2 rings (SSSR count). The van der Waals surface area contributed by atoms with E-state index in [1.807, 2.05) is 0 Å². The molecule has 0 fully saturated rings. The van der Waals surface area contributed by atoms with Crippen molar-refractivity contribution in [2.24, 2.45) is 7.05 Å². The lowest BCUT2D eigenvalue weighted by Gasteiger charge is -2.08. The van der Waals surface area contributed by atoms with E-state index in [1.54, 1.807) is 49.2 Å². The molecule has 21 heavy (non-hydrogen) atoms. The van der Waals surface area contributed by atoms with Crippen LogP contribution in [-0.4, -0.2) is 26.8 Å². The van der Waals surface area contributed by atoms with Crippen LogP contribution >= 0.6 is 0 Å². The molecule has 108 valence electrons. The fourth-order valence-corrected chi connectivity index (χ4v) is 1.93. The lowest BCUT2D eigenvalue weighted by atomic mass is 10.0. The Morgan fingerprint density at radius 2 is 2.14 bits per heavy atom. The van der Waals surface area contributed by atoms with Crippen LogP contribution < -0.4 is 5.32 Å². The number of amides is 1. The van der Waals surface area contributed by atoms with E-state index in [4.69, 9.17) is 5.11 Å². The van der Waals surface area contributed by atoms with Crippen molar-refractivity contribution in [1.82, 2.24) is 9.78 Å². The van der Waals surface area contributed by atoms with Gasteiger partial charge in [-0.1, -0.05) is 12.1 Å². The molecule has 0 spiro atoms. The number of carboxylic acids is 1. The Balaban J connectivity index is 2.25. The summed E-state index contributed by atoms with van der Waals surface area (Å²) >= 11 is 0. The Hall–Kier alpha value is -2.89.